The summed E-state index contributed by atoms with van der Waals surface area (Å²) >= 11 is 0. The van der Waals surface area contributed by atoms with Crippen molar-refractivity contribution < 1.29 is 32.4 Å². The Hall–Kier alpha value is -2.39. The van der Waals surface area contributed by atoms with Crippen molar-refractivity contribution in [2.45, 2.75) is 6.36 Å². The van der Waals surface area contributed by atoms with E-state index in [1.54, 1.807) is 0 Å². The largest absolute Gasteiger partial charge is 0.574 e. The molecule has 0 bridgehead atoms. The van der Waals surface area contributed by atoms with Crippen molar-refractivity contribution in [3.63, 3.8) is 0 Å². The molecule has 1 aromatic heterocycles. The van der Waals surface area contributed by atoms with E-state index in [1.807, 2.05) is 0 Å². The molecular weight excluding hydrogens is 261 g/mol. The first-order valence-corrected chi connectivity index (χ1v) is 4.22. The molecule has 0 unspecified atom stereocenters. The molecule has 0 aliphatic rings. The first-order valence-electron chi connectivity index (χ1n) is 4.22. The van der Waals surface area contributed by atoms with Gasteiger partial charge in [0.05, 0.1) is 17.6 Å². The Bertz CT molecular complexity index is 488. The van der Waals surface area contributed by atoms with E-state index in [9.17, 15) is 28.1 Å². The smallest absolute Gasteiger partial charge is 0.489 e. The average Bonchev–Trinajstić information content (AvgIpc) is 2.25. The van der Waals surface area contributed by atoms with Gasteiger partial charge >= 0.3 is 17.9 Å². The van der Waals surface area contributed by atoms with E-state index < -0.39 is 28.6 Å². The van der Waals surface area contributed by atoms with Gasteiger partial charge in [-0.25, -0.2) is 4.98 Å². The van der Waals surface area contributed by atoms with E-state index in [1.165, 1.54) is 0 Å². The van der Waals surface area contributed by atoms with Crippen molar-refractivity contribution in [1.29, 1.82) is 0 Å². The molecular formula is C8H5F3N2O5. The van der Waals surface area contributed by atoms with Gasteiger partial charge in [0, 0.05) is 6.20 Å². The molecule has 7 nitrogen and oxygen atoms in total. The zero-order chi connectivity index (χ0) is 13.9. The number of hydrogen-bond donors (Lipinski definition) is 0. The molecule has 1 rings (SSSR count). The molecule has 1 aromatic rings. The number of nitro groups is 1. The van der Waals surface area contributed by atoms with Crippen LogP contribution in [0.5, 0.6) is 11.6 Å². The molecule has 0 spiro atoms. The summed E-state index contributed by atoms with van der Waals surface area (Å²) in [7, 11) is 0.965. The van der Waals surface area contributed by atoms with Gasteiger partial charge in [-0.1, -0.05) is 0 Å². The lowest BCUT2D eigenvalue weighted by Crippen LogP contribution is -2.19. The van der Waals surface area contributed by atoms with Gasteiger partial charge in [0.1, 0.15) is 0 Å². The predicted octanol–water partition coefficient (Wildman–Crippen LogP) is 1.71. The van der Waals surface area contributed by atoms with Crippen molar-refractivity contribution in [2.75, 3.05) is 7.11 Å². The molecule has 18 heavy (non-hydrogen) atoms. The van der Waals surface area contributed by atoms with Gasteiger partial charge in [0.15, 0.2) is 6.29 Å². The molecule has 10 heteroatoms. The Kier molecular flexibility index (Phi) is 3.69. The highest BCUT2D eigenvalue weighted by atomic mass is 19.4. The second-order valence-electron chi connectivity index (χ2n) is 2.82. The Balaban J connectivity index is 3.44. The zero-order valence-corrected chi connectivity index (χ0v) is 8.72. The van der Waals surface area contributed by atoms with Crippen LogP contribution in [-0.4, -0.2) is 29.7 Å². The molecule has 0 saturated heterocycles. The van der Waals surface area contributed by atoms with Crippen LogP contribution in [0.3, 0.4) is 0 Å². The van der Waals surface area contributed by atoms with E-state index in [0.717, 1.165) is 7.11 Å². The number of carbonyl (C=O) groups is 1. The SMILES string of the molecule is COc1c(C=O)cnc(OC(F)(F)F)c1[N+](=O)[O-]. The summed E-state index contributed by atoms with van der Waals surface area (Å²) in [5.74, 6) is -1.95. The first-order chi connectivity index (χ1) is 8.30. The molecule has 0 fully saturated rings. The Labute approximate surface area is 97.3 Å². The number of nitrogens with zero attached hydrogens (tertiary/aromatic N) is 2. The fraction of sp³-hybridized carbons (Fsp3) is 0.250. The predicted molar refractivity (Wildman–Crippen MR) is 49.5 cm³/mol. The van der Waals surface area contributed by atoms with E-state index in [0.29, 0.717) is 6.20 Å². The summed E-state index contributed by atoms with van der Waals surface area (Å²) < 4.78 is 43.9. The summed E-state index contributed by atoms with van der Waals surface area (Å²) in [5.41, 5.74) is -1.53. The van der Waals surface area contributed by atoms with E-state index >= 15 is 0 Å². The number of methoxy groups -OCH3 is 1. The highest BCUT2D eigenvalue weighted by Gasteiger charge is 2.37. The minimum Gasteiger partial charge on any atom is -0.489 e. The number of hydrogen-bond acceptors (Lipinski definition) is 6. The lowest BCUT2D eigenvalue weighted by molar-refractivity contribution is -0.390. The molecule has 0 radical (unpaired) electrons. The van der Waals surface area contributed by atoms with Crippen LogP contribution in [0.25, 0.3) is 0 Å². The maximum atomic E-state index is 12.0. The average molecular weight is 266 g/mol. The number of alkyl halides is 3. The summed E-state index contributed by atoms with van der Waals surface area (Å²) in [6.45, 7) is 0. The highest BCUT2D eigenvalue weighted by molar-refractivity contribution is 5.82. The second kappa shape index (κ2) is 4.85. The summed E-state index contributed by atoms with van der Waals surface area (Å²) in [4.78, 5) is 23.1. The van der Waals surface area contributed by atoms with Crippen LogP contribution in [0.1, 0.15) is 10.4 Å². The summed E-state index contributed by atoms with van der Waals surface area (Å²) in [6, 6.07) is 0. The molecule has 98 valence electrons. The van der Waals surface area contributed by atoms with Gasteiger partial charge in [-0.3, -0.25) is 14.9 Å². The molecule has 1 heterocycles. The van der Waals surface area contributed by atoms with E-state index in [2.05, 4.69) is 14.5 Å². The number of carbonyl (C=O) groups excluding carboxylic acids is 1. The lowest BCUT2D eigenvalue weighted by Gasteiger charge is -2.10. The van der Waals surface area contributed by atoms with Crippen LogP contribution in [0.15, 0.2) is 6.20 Å². The zero-order valence-electron chi connectivity index (χ0n) is 8.72. The molecule has 0 N–H and O–H groups in total. The normalized spacial score (nSPS) is 10.9. The van der Waals surface area contributed by atoms with Crippen molar-refractivity contribution >= 4 is 12.0 Å². The quantitative estimate of drug-likeness (QED) is 0.468. The van der Waals surface area contributed by atoms with Crippen LogP contribution in [-0.2, 0) is 0 Å². The third kappa shape index (κ3) is 2.84. The van der Waals surface area contributed by atoms with Crippen molar-refractivity contribution in [3.05, 3.63) is 21.9 Å². The molecule has 0 atom stereocenters. The van der Waals surface area contributed by atoms with Crippen molar-refractivity contribution in [3.8, 4) is 11.6 Å². The number of pyridine rings is 1. The van der Waals surface area contributed by atoms with E-state index in [-0.39, 0.29) is 11.8 Å². The monoisotopic (exact) mass is 266 g/mol. The number of halogens is 3. The minimum absolute atomic E-state index is 0.163. The molecule has 0 aliphatic carbocycles. The number of ether oxygens (including phenoxy) is 2. The van der Waals surface area contributed by atoms with Gasteiger partial charge in [-0.15, -0.1) is 13.2 Å². The van der Waals surface area contributed by atoms with Crippen LogP contribution >= 0.6 is 0 Å². The third-order valence-electron chi connectivity index (χ3n) is 1.73. The lowest BCUT2D eigenvalue weighted by atomic mass is 10.2. The molecule has 0 aromatic carbocycles. The fourth-order valence-corrected chi connectivity index (χ4v) is 1.13. The Morgan fingerprint density at radius 1 is 1.50 bits per heavy atom. The molecule has 0 saturated carbocycles. The Morgan fingerprint density at radius 3 is 2.50 bits per heavy atom. The van der Waals surface area contributed by atoms with E-state index in [4.69, 9.17) is 0 Å². The van der Waals surface area contributed by atoms with Crippen molar-refractivity contribution in [1.82, 2.24) is 4.98 Å². The maximum absolute atomic E-state index is 12.0. The standard InChI is InChI=1S/C8H5F3N2O5/c1-17-6-4(3-14)2-12-7(5(6)13(15)16)18-8(9,10)11/h2-3H,1H3. The van der Waals surface area contributed by atoms with Gasteiger partial charge < -0.3 is 9.47 Å². The Morgan fingerprint density at radius 2 is 2.11 bits per heavy atom. The van der Waals surface area contributed by atoms with Crippen LogP contribution in [0.2, 0.25) is 0 Å². The second-order valence-corrected chi connectivity index (χ2v) is 2.82. The van der Waals surface area contributed by atoms with Gasteiger partial charge in [-0.2, -0.15) is 0 Å². The van der Waals surface area contributed by atoms with Crippen LogP contribution in [0, 0.1) is 10.1 Å². The third-order valence-corrected chi connectivity index (χ3v) is 1.73. The molecule has 0 aliphatic heterocycles. The van der Waals surface area contributed by atoms with Crippen LogP contribution < -0.4 is 9.47 Å². The van der Waals surface area contributed by atoms with Crippen molar-refractivity contribution in [2.24, 2.45) is 0 Å². The maximum Gasteiger partial charge on any atom is 0.574 e. The molecule has 0 amide bonds. The number of aldehydes is 1. The fourth-order valence-electron chi connectivity index (χ4n) is 1.13. The minimum atomic E-state index is -5.15. The van der Waals surface area contributed by atoms with Gasteiger partial charge in [0.2, 0.25) is 5.75 Å². The van der Waals surface area contributed by atoms with Gasteiger partial charge in [0.25, 0.3) is 0 Å². The first kappa shape index (κ1) is 13.7. The number of aromatic nitrogens is 1. The highest BCUT2D eigenvalue weighted by Crippen LogP contribution is 2.39. The van der Waals surface area contributed by atoms with Crippen LogP contribution in [0.4, 0.5) is 18.9 Å². The topological polar surface area (TPSA) is 91.6 Å². The van der Waals surface area contributed by atoms with Gasteiger partial charge in [-0.05, 0) is 0 Å². The summed E-state index contributed by atoms with van der Waals surface area (Å²) in [5, 5.41) is 10.7. The summed E-state index contributed by atoms with van der Waals surface area (Å²) in [6.07, 6.45) is -4.30. The number of rotatable bonds is 4.